The molecular weight excluding hydrogens is 397 g/mol. The van der Waals surface area contributed by atoms with Crippen LogP contribution in [-0.2, 0) is 0 Å². The van der Waals surface area contributed by atoms with E-state index in [2.05, 4.69) is 30.3 Å². The Balaban J connectivity index is 1.92. The summed E-state index contributed by atoms with van der Waals surface area (Å²) in [5, 5.41) is 6.01. The standard InChI is InChI=1S/C20H21F3N6O/c1-29(2)12-11-25-19-27-16(14-7-5-6-10-24-14)13-18(28-19)26-15-8-3-4-9-17(15)30-20(21,22)23/h3-10,13H,11-12H2,1-2H3,(H2,25,26,27,28). The van der Waals surface area contributed by atoms with E-state index in [0.29, 0.717) is 29.7 Å². The number of rotatable bonds is 8. The number of nitrogens with zero attached hydrogens (tertiary/aromatic N) is 4. The minimum atomic E-state index is -4.80. The van der Waals surface area contributed by atoms with Crippen LogP contribution in [0.25, 0.3) is 11.4 Å². The maximum absolute atomic E-state index is 12.7. The van der Waals surface area contributed by atoms with Gasteiger partial charge in [-0.3, -0.25) is 4.98 Å². The summed E-state index contributed by atoms with van der Waals surface area (Å²) in [6.07, 6.45) is -3.17. The molecule has 10 heteroatoms. The average molecular weight is 418 g/mol. The molecule has 1 aromatic carbocycles. The van der Waals surface area contributed by atoms with Gasteiger partial charge >= 0.3 is 6.36 Å². The number of pyridine rings is 1. The molecule has 3 aromatic rings. The Morgan fingerprint density at radius 1 is 1.00 bits per heavy atom. The maximum atomic E-state index is 12.7. The van der Waals surface area contributed by atoms with Crippen LogP contribution < -0.4 is 15.4 Å². The van der Waals surface area contributed by atoms with Gasteiger partial charge in [-0.2, -0.15) is 4.98 Å². The van der Waals surface area contributed by atoms with Crippen LogP contribution in [0.4, 0.5) is 30.6 Å². The van der Waals surface area contributed by atoms with Gasteiger partial charge in [-0.15, -0.1) is 13.2 Å². The van der Waals surface area contributed by atoms with E-state index >= 15 is 0 Å². The number of hydrogen-bond acceptors (Lipinski definition) is 7. The number of para-hydroxylation sites is 2. The normalized spacial score (nSPS) is 11.4. The lowest BCUT2D eigenvalue weighted by atomic mass is 10.2. The lowest BCUT2D eigenvalue weighted by Gasteiger charge is -2.16. The van der Waals surface area contributed by atoms with Gasteiger partial charge < -0.3 is 20.3 Å². The number of halogens is 3. The van der Waals surface area contributed by atoms with E-state index in [4.69, 9.17) is 0 Å². The minimum Gasteiger partial charge on any atom is -0.404 e. The van der Waals surface area contributed by atoms with Gasteiger partial charge in [0.25, 0.3) is 0 Å². The van der Waals surface area contributed by atoms with Crippen LogP contribution in [0, 0.1) is 0 Å². The third-order valence-electron chi connectivity index (χ3n) is 3.87. The third-order valence-corrected chi connectivity index (χ3v) is 3.87. The first-order valence-electron chi connectivity index (χ1n) is 9.11. The molecule has 0 aliphatic heterocycles. The Hall–Kier alpha value is -3.40. The smallest absolute Gasteiger partial charge is 0.404 e. The second-order valence-electron chi connectivity index (χ2n) is 6.58. The number of likely N-dealkylation sites (N-methyl/N-ethyl adjacent to an activating group) is 1. The molecule has 7 nitrogen and oxygen atoms in total. The zero-order valence-corrected chi connectivity index (χ0v) is 16.4. The van der Waals surface area contributed by atoms with Gasteiger partial charge in [0, 0.05) is 25.4 Å². The van der Waals surface area contributed by atoms with E-state index in [1.54, 1.807) is 30.5 Å². The zero-order valence-electron chi connectivity index (χ0n) is 16.4. The second kappa shape index (κ2) is 9.40. The van der Waals surface area contributed by atoms with Crippen LogP contribution in [0.5, 0.6) is 5.75 Å². The summed E-state index contributed by atoms with van der Waals surface area (Å²) >= 11 is 0. The number of aromatic nitrogens is 3. The average Bonchev–Trinajstić information content (AvgIpc) is 2.69. The lowest BCUT2D eigenvalue weighted by Crippen LogP contribution is -2.21. The highest BCUT2D eigenvalue weighted by Crippen LogP contribution is 2.32. The van der Waals surface area contributed by atoms with Gasteiger partial charge in [-0.05, 0) is 38.4 Å². The van der Waals surface area contributed by atoms with Crippen LogP contribution in [0.1, 0.15) is 0 Å². The Kier molecular flexibility index (Phi) is 6.68. The predicted molar refractivity (Wildman–Crippen MR) is 109 cm³/mol. The topological polar surface area (TPSA) is 75.2 Å². The van der Waals surface area contributed by atoms with Gasteiger partial charge in [0.2, 0.25) is 5.95 Å². The van der Waals surface area contributed by atoms with Crippen molar-refractivity contribution in [1.29, 1.82) is 0 Å². The molecule has 2 heterocycles. The van der Waals surface area contributed by atoms with Gasteiger partial charge in [0.15, 0.2) is 5.75 Å². The van der Waals surface area contributed by atoms with Gasteiger partial charge in [-0.1, -0.05) is 18.2 Å². The Morgan fingerprint density at radius 2 is 1.77 bits per heavy atom. The maximum Gasteiger partial charge on any atom is 0.573 e. The van der Waals surface area contributed by atoms with Crippen molar-refractivity contribution in [3.8, 4) is 17.1 Å². The number of alkyl halides is 3. The first kappa shape index (κ1) is 21.3. The Morgan fingerprint density at radius 3 is 2.47 bits per heavy atom. The fraction of sp³-hybridized carbons (Fsp3) is 0.250. The number of hydrogen-bond donors (Lipinski definition) is 2. The first-order chi connectivity index (χ1) is 14.3. The Bertz CT molecular complexity index is 966. The molecule has 3 rings (SSSR count). The second-order valence-corrected chi connectivity index (χ2v) is 6.58. The molecule has 0 fully saturated rings. The van der Waals surface area contributed by atoms with Crippen molar-refractivity contribution in [2.24, 2.45) is 0 Å². The van der Waals surface area contributed by atoms with Gasteiger partial charge in [0.1, 0.15) is 5.82 Å². The molecular formula is C20H21F3N6O. The van der Waals surface area contributed by atoms with Crippen LogP contribution >= 0.6 is 0 Å². The summed E-state index contributed by atoms with van der Waals surface area (Å²) in [4.78, 5) is 15.1. The molecule has 0 aliphatic rings. The monoisotopic (exact) mass is 418 g/mol. The highest BCUT2D eigenvalue weighted by atomic mass is 19.4. The van der Waals surface area contributed by atoms with Crippen molar-refractivity contribution in [1.82, 2.24) is 19.9 Å². The fourth-order valence-corrected chi connectivity index (χ4v) is 2.55. The van der Waals surface area contributed by atoms with Crippen molar-refractivity contribution in [3.63, 3.8) is 0 Å². The number of nitrogens with one attached hydrogen (secondary N) is 2. The van der Waals surface area contributed by atoms with E-state index in [9.17, 15) is 13.2 Å². The molecule has 0 aliphatic carbocycles. The largest absolute Gasteiger partial charge is 0.573 e. The van der Waals surface area contributed by atoms with E-state index < -0.39 is 6.36 Å². The van der Waals surface area contributed by atoms with Crippen molar-refractivity contribution in [2.45, 2.75) is 6.36 Å². The molecule has 0 radical (unpaired) electrons. The Labute approximate surface area is 171 Å². The molecule has 0 atom stereocenters. The molecule has 0 unspecified atom stereocenters. The van der Waals surface area contributed by atoms with Gasteiger partial charge in [-0.25, -0.2) is 4.98 Å². The summed E-state index contributed by atoms with van der Waals surface area (Å²) in [5.74, 6) is 0.276. The molecule has 0 bridgehead atoms. The van der Waals surface area contributed by atoms with Crippen LogP contribution in [0.3, 0.4) is 0 Å². The molecule has 2 N–H and O–H groups in total. The summed E-state index contributed by atoms with van der Waals surface area (Å²) in [7, 11) is 3.88. The number of ether oxygens (including phenoxy) is 1. The highest BCUT2D eigenvalue weighted by molar-refractivity contribution is 5.68. The molecule has 0 spiro atoms. The molecule has 158 valence electrons. The molecule has 0 saturated heterocycles. The van der Waals surface area contributed by atoms with Crippen molar-refractivity contribution in [2.75, 3.05) is 37.8 Å². The molecule has 2 aromatic heterocycles. The highest BCUT2D eigenvalue weighted by Gasteiger charge is 2.32. The van der Waals surface area contributed by atoms with E-state index in [1.807, 2.05) is 25.1 Å². The van der Waals surface area contributed by atoms with Crippen LogP contribution in [0.15, 0.2) is 54.7 Å². The SMILES string of the molecule is CN(C)CCNc1nc(Nc2ccccc2OC(F)(F)F)cc(-c2ccccn2)n1. The van der Waals surface area contributed by atoms with Crippen molar-refractivity contribution in [3.05, 3.63) is 54.7 Å². The van der Waals surface area contributed by atoms with E-state index in [0.717, 1.165) is 6.54 Å². The van der Waals surface area contributed by atoms with Crippen molar-refractivity contribution >= 4 is 17.5 Å². The minimum absolute atomic E-state index is 0.125. The number of benzene rings is 1. The summed E-state index contributed by atoms with van der Waals surface area (Å²) < 4.78 is 42.3. The van der Waals surface area contributed by atoms with Crippen LogP contribution in [0.2, 0.25) is 0 Å². The fourth-order valence-electron chi connectivity index (χ4n) is 2.55. The van der Waals surface area contributed by atoms with E-state index in [-0.39, 0.29) is 11.4 Å². The summed E-state index contributed by atoms with van der Waals surface area (Å²) in [6, 6.07) is 12.8. The first-order valence-corrected chi connectivity index (χ1v) is 9.11. The van der Waals surface area contributed by atoms with Crippen molar-refractivity contribution < 1.29 is 17.9 Å². The lowest BCUT2D eigenvalue weighted by molar-refractivity contribution is -0.274. The van der Waals surface area contributed by atoms with E-state index in [1.165, 1.54) is 18.2 Å². The summed E-state index contributed by atoms with van der Waals surface area (Å²) in [5.41, 5.74) is 1.26. The molecule has 0 saturated carbocycles. The quantitative estimate of drug-likeness (QED) is 0.569. The van der Waals surface area contributed by atoms with Gasteiger partial charge in [0.05, 0.1) is 17.1 Å². The van der Waals surface area contributed by atoms with Crippen LogP contribution in [-0.4, -0.2) is 53.4 Å². The molecule has 0 amide bonds. The predicted octanol–water partition coefficient (Wildman–Crippen LogP) is 4.15. The zero-order chi connectivity index (χ0) is 21.6. The third kappa shape index (κ3) is 6.31. The molecule has 30 heavy (non-hydrogen) atoms. The number of anilines is 3. The summed E-state index contributed by atoms with van der Waals surface area (Å²) in [6.45, 7) is 1.34.